The molecule has 3 rings (SSSR count). The molecule has 0 aliphatic carbocycles. The second-order valence-electron chi connectivity index (χ2n) is 4.30. The summed E-state index contributed by atoms with van der Waals surface area (Å²) in [6.45, 7) is 1.96. The molecule has 2 aliphatic heterocycles. The zero-order chi connectivity index (χ0) is 13.4. The summed E-state index contributed by atoms with van der Waals surface area (Å²) in [6.07, 6.45) is 2.46. The van der Waals surface area contributed by atoms with Gasteiger partial charge in [0.2, 0.25) is 0 Å². The van der Waals surface area contributed by atoms with Gasteiger partial charge in [-0.1, -0.05) is 36.7 Å². The fourth-order valence-electron chi connectivity index (χ4n) is 2.22. The number of fused-ring (bicyclic) bond motifs is 1. The van der Waals surface area contributed by atoms with Crippen LogP contribution in [0.3, 0.4) is 0 Å². The maximum Gasteiger partial charge on any atom is 0.275 e. The van der Waals surface area contributed by atoms with Gasteiger partial charge in [0.25, 0.3) is 5.91 Å². The number of benzene rings is 1. The van der Waals surface area contributed by atoms with E-state index in [-0.39, 0.29) is 5.91 Å². The summed E-state index contributed by atoms with van der Waals surface area (Å²) in [5, 5.41) is 7.88. The molecule has 1 aromatic carbocycles. The van der Waals surface area contributed by atoms with E-state index in [9.17, 15) is 4.79 Å². The van der Waals surface area contributed by atoms with E-state index in [0.717, 1.165) is 17.0 Å². The topological polar surface area (TPSA) is 53.5 Å². The smallest absolute Gasteiger partial charge is 0.275 e. The highest BCUT2D eigenvalue weighted by atomic mass is 35.5. The van der Waals surface area contributed by atoms with Crippen molar-refractivity contribution in [3.63, 3.8) is 0 Å². The summed E-state index contributed by atoms with van der Waals surface area (Å²) in [6, 6.07) is 7.72. The van der Waals surface area contributed by atoms with Gasteiger partial charge in [0.1, 0.15) is 0 Å². The van der Waals surface area contributed by atoms with Gasteiger partial charge in [0.05, 0.1) is 22.0 Å². The first-order valence-electron chi connectivity index (χ1n) is 6.06. The number of halogens is 1. The average Bonchev–Trinajstić information content (AvgIpc) is 2.80. The van der Waals surface area contributed by atoms with E-state index >= 15 is 0 Å². The van der Waals surface area contributed by atoms with Gasteiger partial charge in [0.15, 0.2) is 0 Å². The van der Waals surface area contributed by atoms with Crippen LogP contribution in [0.1, 0.15) is 18.9 Å². The summed E-state index contributed by atoms with van der Waals surface area (Å²) in [5.74, 6) is -0.195. The number of hydrogen-bond acceptors (Lipinski definition) is 3. The predicted molar refractivity (Wildman–Crippen MR) is 76.8 cm³/mol. The summed E-state index contributed by atoms with van der Waals surface area (Å²) in [5.41, 5.74) is 6.32. The third-order valence-electron chi connectivity index (χ3n) is 3.14. The van der Waals surface area contributed by atoms with Gasteiger partial charge < -0.3 is 5.32 Å². The van der Waals surface area contributed by atoms with Gasteiger partial charge in [-0.15, -0.1) is 0 Å². The largest absolute Gasteiger partial charge is 0.354 e. The summed E-state index contributed by atoms with van der Waals surface area (Å²) in [7, 11) is 0. The van der Waals surface area contributed by atoms with Crippen molar-refractivity contribution in [1.82, 2.24) is 5.43 Å². The van der Waals surface area contributed by atoms with Crippen molar-refractivity contribution in [3.05, 3.63) is 47.2 Å². The molecule has 0 unspecified atom stereocenters. The number of nitrogens with zero attached hydrogens (tertiary/aromatic N) is 1. The summed E-state index contributed by atoms with van der Waals surface area (Å²) < 4.78 is 0. The molecule has 1 amide bonds. The molecular weight excluding hydrogens is 262 g/mol. The van der Waals surface area contributed by atoms with Gasteiger partial charge in [-0.25, -0.2) is 5.43 Å². The lowest BCUT2D eigenvalue weighted by Gasteiger charge is -2.19. The number of para-hydroxylation sites is 1. The van der Waals surface area contributed by atoms with Crippen LogP contribution in [0.4, 0.5) is 5.69 Å². The molecule has 0 saturated carbocycles. The van der Waals surface area contributed by atoms with Crippen LogP contribution in [0.2, 0.25) is 0 Å². The molecule has 19 heavy (non-hydrogen) atoms. The maximum absolute atomic E-state index is 11.9. The van der Waals surface area contributed by atoms with Crippen molar-refractivity contribution >= 4 is 33.9 Å². The third-order valence-corrected chi connectivity index (χ3v) is 3.45. The lowest BCUT2D eigenvalue weighted by molar-refractivity contribution is -0.116. The molecule has 0 aromatic heterocycles. The quantitative estimate of drug-likeness (QED) is 0.773. The fraction of sp³-hybridized carbons (Fsp3) is 0.143. The first-order valence-corrected chi connectivity index (χ1v) is 6.43. The molecule has 2 heterocycles. The second-order valence-corrected chi connectivity index (χ2v) is 4.71. The number of rotatable bonds is 1. The zero-order valence-electron chi connectivity index (χ0n) is 10.3. The first kappa shape index (κ1) is 12.0. The van der Waals surface area contributed by atoms with Crippen LogP contribution in [0, 0.1) is 0 Å². The molecule has 0 spiro atoms. The molecule has 0 saturated heterocycles. The standard InChI is InChI=1S/C14H12ClN3O/c1-2-10-13(14(19)18-17-10)12-7-9(15)8-5-3-4-6-11(8)16-12/h3-7,16H,2H2,1H3,(H,18,19). The molecule has 5 heteroatoms. The molecule has 2 aliphatic rings. The Morgan fingerprint density at radius 3 is 2.89 bits per heavy atom. The number of anilines is 1. The Morgan fingerprint density at radius 1 is 1.32 bits per heavy atom. The third kappa shape index (κ3) is 1.94. The van der Waals surface area contributed by atoms with E-state index in [1.54, 1.807) is 6.08 Å². The molecule has 4 nitrogen and oxygen atoms in total. The van der Waals surface area contributed by atoms with Crippen LogP contribution >= 0.6 is 11.6 Å². The highest BCUT2D eigenvalue weighted by molar-refractivity contribution is 6.50. The molecule has 0 radical (unpaired) electrons. The van der Waals surface area contributed by atoms with Crippen molar-refractivity contribution in [3.8, 4) is 0 Å². The van der Waals surface area contributed by atoms with E-state index in [0.29, 0.717) is 22.7 Å². The van der Waals surface area contributed by atoms with Crippen molar-refractivity contribution in [2.45, 2.75) is 13.3 Å². The number of hydrogen-bond donors (Lipinski definition) is 2. The number of carbonyl (C=O) groups is 1. The van der Waals surface area contributed by atoms with Crippen molar-refractivity contribution in [2.75, 3.05) is 5.32 Å². The Hall–Kier alpha value is -2.07. The SMILES string of the molecule is CCC1=NNC(=O)C1=C1C=C(Cl)c2ccccc2N1. The minimum Gasteiger partial charge on any atom is -0.354 e. The Bertz CT molecular complexity index is 658. The molecule has 0 atom stereocenters. The fourth-order valence-corrected chi connectivity index (χ4v) is 2.49. The Balaban J connectivity index is 2.13. The molecule has 96 valence electrons. The van der Waals surface area contributed by atoms with E-state index in [2.05, 4.69) is 15.8 Å². The van der Waals surface area contributed by atoms with Crippen LogP contribution < -0.4 is 10.7 Å². The maximum atomic E-state index is 11.9. The van der Waals surface area contributed by atoms with Crippen LogP contribution in [-0.2, 0) is 4.79 Å². The predicted octanol–water partition coefficient (Wildman–Crippen LogP) is 2.84. The van der Waals surface area contributed by atoms with Crippen LogP contribution in [-0.4, -0.2) is 11.6 Å². The van der Waals surface area contributed by atoms with E-state index in [1.165, 1.54) is 0 Å². The molecule has 0 bridgehead atoms. The number of hydrazone groups is 1. The highest BCUT2D eigenvalue weighted by Gasteiger charge is 2.26. The van der Waals surface area contributed by atoms with E-state index in [1.807, 2.05) is 31.2 Å². The van der Waals surface area contributed by atoms with Crippen LogP contribution in [0.15, 0.2) is 46.7 Å². The van der Waals surface area contributed by atoms with Gasteiger partial charge in [-0.3, -0.25) is 4.79 Å². The van der Waals surface area contributed by atoms with E-state index < -0.39 is 0 Å². The minimum atomic E-state index is -0.195. The monoisotopic (exact) mass is 273 g/mol. The van der Waals surface area contributed by atoms with Gasteiger partial charge in [0, 0.05) is 11.3 Å². The summed E-state index contributed by atoms with van der Waals surface area (Å²) >= 11 is 6.27. The summed E-state index contributed by atoms with van der Waals surface area (Å²) in [4.78, 5) is 11.9. The lowest BCUT2D eigenvalue weighted by Crippen LogP contribution is -2.19. The molecule has 1 aromatic rings. The number of amides is 1. The Labute approximate surface area is 115 Å². The van der Waals surface area contributed by atoms with Crippen molar-refractivity contribution in [2.24, 2.45) is 5.10 Å². The second kappa shape index (κ2) is 4.55. The highest BCUT2D eigenvalue weighted by Crippen LogP contribution is 2.34. The number of nitrogens with one attached hydrogen (secondary N) is 2. The van der Waals surface area contributed by atoms with Crippen LogP contribution in [0.25, 0.3) is 5.03 Å². The van der Waals surface area contributed by atoms with Gasteiger partial charge >= 0.3 is 0 Å². The normalized spacial score (nSPS) is 21.3. The number of allylic oxidation sites excluding steroid dienone is 1. The Morgan fingerprint density at radius 2 is 2.11 bits per heavy atom. The van der Waals surface area contributed by atoms with Gasteiger partial charge in [-0.05, 0) is 18.6 Å². The zero-order valence-corrected chi connectivity index (χ0v) is 11.1. The van der Waals surface area contributed by atoms with E-state index in [4.69, 9.17) is 11.6 Å². The minimum absolute atomic E-state index is 0.195. The molecule has 2 N–H and O–H groups in total. The van der Waals surface area contributed by atoms with Crippen molar-refractivity contribution in [1.29, 1.82) is 0 Å². The molecule has 0 fully saturated rings. The van der Waals surface area contributed by atoms with Crippen LogP contribution in [0.5, 0.6) is 0 Å². The average molecular weight is 274 g/mol. The molecular formula is C14H12ClN3O. The van der Waals surface area contributed by atoms with Crippen molar-refractivity contribution < 1.29 is 4.79 Å². The lowest BCUT2D eigenvalue weighted by atomic mass is 10.0. The first-order chi connectivity index (χ1) is 9.20. The Kier molecular flexibility index (Phi) is 2.87. The number of carbonyl (C=O) groups excluding carboxylic acids is 1. The van der Waals surface area contributed by atoms with Gasteiger partial charge in [-0.2, -0.15) is 5.10 Å².